The van der Waals surface area contributed by atoms with Gasteiger partial charge in [0.15, 0.2) is 0 Å². The van der Waals surface area contributed by atoms with Crippen molar-refractivity contribution in [1.82, 2.24) is 5.32 Å². The van der Waals surface area contributed by atoms with Gasteiger partial charge >= 0.3 is 0 Å². The van der Waals surface area contributed by atoms with Gasteiger partial charge in [0.2, 0.25) is 0 Å². The lowest BCUT2D eigenvalue weighted by Crippen LogP contribution is -2.20. The Kier molecular flexibility index (Phi) is 5.07. The Morgan fingerprint density at radius 2 is 1.86 bits per heavy atom. The number of nitrogens with one attached hydrogen (secondary N) is 1. The SMILES string of the molecule is CNC(c1cccc(C)c1)c1c(C)c(Br)cc(C)c1OC. The minimum absolute atomic E-state index is 0.107. The van der Waals surface area contributed by atoms with Crippen LogP contribution in [0.3, 0.4) is 0 Å². The van der Waals surface area contributed by atoms with Crippen LogP contribution in [0, 0.1) is 20.8 Å². The number of hydrogen-bond acceptors (Lipinski definition) is 2. The molecule has 0 aliphatic heterocycles. The maximum Gasteiger partial charge on any atom is 0.127 e. The lowest BCUT2D eigenvalue weighted by Gasteiger charge is -2.24. The van der Waals surface area contributed by atoms with E-state index in [4.69, 9.17) is 4.74 Å². The summed E-state index contributed by atoms with van der Waals surface area (Å²) in [7, 11) is 3.73. The van der Waals surface area contributed by atoms with Crippen molar-refractivity contribution in [3.63, 3.8) is 0 Å². The van der Waals surface area contributed by atoms with Gasteiger partial charge in [0.1, 0.15) is 5.75 Å². The zero-order valence-corrected chi connectivity index (χ0v) is 14.8. The summed E-state index contributed by atoms with van der Waals surface area (Å²) in [5, 5.41) is 3.43. The van der Waals surface area contributed by atoms with Gasteiger partial charge in [-0.15, -0.1) is 0 Å². The number of hydrogen-bond donors (Lipinski definition) is 1. The van der Waals surface area contributed by atoms with Crippen LogP contribution < -0.4 is 10.1 Å². The highest BCUT2D eigenvalue weighted by Crippen LogP contribution is 2.38. The molecule has 1 N–H and O–H groups in total. The first-order chi connectivity index (χ1) is 9.99. The van der Waals surface area contributed by atoms with E-state index in [9.17, 15) is 0 Å². The van der Waals surface area contributed by atoms with Crippen molar-refractivity contribution in [1.29, 1.82) is 0 Å². The third kappa shape index (κ3) is 3.14. The number of ether oxygens (including phenoxy) is 1. The molecule has 0 radical (unpaired) electrons. The standard InChI is InChI=1S/C18H22BrNO/c1-11-7-6-8-14(9-11)17(20-4)16-13(3)15(19)10-12(2)18(16)21-5/h6-10,17,20H,1-5H3. The lowest BCUT2D eigenvalue weighted by atomic mass is 9.91. The van der Waals surface area contributed by atoms with E-state index in [2.05, 4.69) is 72.3 Å². The van der Waals surface area contributed by atoms with Crippen molar-refractivity contribution in [3.8, 4) is 5.75 Å². The molecular formula is C18H22BrNO. The summed E-state index contributed by atoms with van der Waals surface area (Å²) in [5.74, 6) is 0.955. The first-order valence-corrected chi connectivity index (χ1v) is 7.86. The molecule has 2 aromatic rings. The van der Waals surface area contributed by atoms with Crippen molar-refractivity contribution in [2.45, 2.75) is 26.8 Å². The van der Waals surface area contributed by atoms with Crippen molar-refractivity contribution in [2.75, 3.05) is 14.2 Å². The topological polar surface area (TPSA) is 21.3 Å². The molecule has 0 amide bonds. The fourth-order valence-electron chi connectivity index (χ4n) is 2.82. The van der Waals surface area contributed by atoms with Gasteiger partial charge in [-0.2, -0.15) is 0 Å². The summed E-state index contributed by atoms with van der Waals surface area (Å²) in [5.41, 5.74) is 6.04. The van der Waals surface area contributed by atoms with Crippen molar-refractivity contribution >= 4 is 15.9 Å². The predicted octanol–water partition coefficient (Wildman–Crippen LogP) is 4.69. The summed E-state index contributed by atoms with van der Waals surface area (Å²) in [6.45, 7) is 6.32. The third-order valence-corrected chi connectivity index (χ3v) is 4.69. The second kappa shape index (κ2) is 6.63. The molecule has 0 bridgehead atoms. The molecule has 0 heterocycles. The highest BCUT2D eigenvalue weighted by atomic mass is 79.9. The van der Waals surface area contributed by atoms with Gasteiger partial charge in [0.05, 0.1) is 13.2 Å². The second-order valence-electron chi connectivity index (χ2n) is 5.38. The summed E-state index contributed by atoms with van der Waals surface area (Å²) in [6.07, 6.45) is 0. The molecule has 0 spiro atoms. The Hall–Kier alpha value is -1.32. The molecule has 2 rings (SSSR count). The molecule has 1 unspecified atom stereocenters. The summed E-state index contributed by atoms with van der Waals surface area (Å²) >= 11 is 3.66. The molecule has 0 aromatic heterocycles. The Bertz CT molecular complexity index is 652. The normalized spacial score (nSPS) is 12.3. The van der Waals surface area contributed by atoms with Crippen LogP contribution in [0.2, 0.25) is 0 Å². The molecule has 0 saturated carbocycles. The number of benzene rings is 2. The van der Waals surface area contributed by atoms with Gasteiger partial charge < -0.3 is 10.1 Å². The van der Waals surface area contributed by atoms with Crippen LogP contribution >= 0.6 is 15.9 Å². The smallest absolute Gasteiger partial charge is 0.127 e. The van der Waals surface area contributed by atoms with Crippen LogP contribution in [0.4, 0.5) is 0 Å². The van der Waals surface area contributed by atoms with Crippen LogP contribution in [0.25, 0.3) is 0 Å². The van der Waals surface area contributed by atoms with Crippen LogP contribution in [0.15, 0.2) is 34.8 Å². The van der Waals surface area contributed by atoms with E-state index in [0.29, 0.717) is 0 Å². The monoisotopic (exact) mass is 347 g/mol. The van der Waals surface area contributed by atoms with Crippen molar-refractivity contribution in [2.24, 2.45) is 0 Å². The van der Waals surface area contributed by atoms with E-state index in [1.807, 2.05) is 7.05 Å². The van der Waals surface area contributed by atoms with Gasteiger partial charge in [0, 0.05) is 10.0 Å². The fraction of sp³-hybridized carbons (Fsp3) is 0.333. The van der Waals surface area contributed by atoms with E-state index < -0.39 is 0 Å². The van der Waals surface area contributed by atoms with Crippen LogP contribution in [0.1, 0.15) is 33.9 Å². The maximum atomic E-state index is 5.69. The minimum Gasteiger partial charge on any atom is -0.496 e. The fourth-order valence-corrected chi connectivity index (χ4v) is 3.38. The molecule has 0 aliphatic carbocycles. The van der Waals surface area contributed by atoms with Crippen molar-refractivity contribution < 1.29 is 4.74 Å². The quantitative estimate of drug-likeness (QED) is 0.865. The average Bonchev–Trinajstić information content (AvgIpc) is 2.45. The molecule has 0 fully saturated rings. The van der Waals surface area contributed by atoms with E-state index >= 15 is 0 Å². The van der Waals surface area contributed by atoms with Gasteiger partial charge in [0.25, 0.3) is 0 Å². The Morgan fingerprint density at radius 3 is 2.43 bits per heavy atom. The Labute approximate surface area is 135 Å². The van der Waals surface area contributed by atoms with Crippen LogP contribution in [-0.4, -0.2) is 14.2 Å². The lowest BCUT2D eigenvalue weighted by molar-refractivity contribution is 0.401. The van der Waals surface area contributed by atoms with E-state index in [1.54, 1.807) is 7.11 Å². The van der Waals surface area contributed by atoms with E-state index in [0.717, 1.165) is 15.8 Å². The van der Waals surface area contributed by atoms with E-state index in [1.165, 1.54) is 22.3 Å². The first-order valence-electron chi connectivity index (χ1n) is 7.07. The zero-order valence-electron chi connectivity index (χ0n) is 13.3. The number of rotatable bonds is 4. The first kappa shape index (κ1) is 16.1. The van der Waals surface area contributed by atoms with Crippen molar-refractivity contribution in [3.05, 3.63) is 62.6 Å². The van der Waals surface area contributed by atoms with Crippen LogP contribution in [-0.2, 0) is 0 Å². The number of halogens is 1. The maximum absolute atomic E-state index is 5.69. The second-order valence-corrected chi connectivity index (χ2v) is 6.24. The van der Waals surface area contributed by atoms with Crippen LogP contribution in [0.5, 0.6) is 5.75 Å². The minimum atomic E-state index is 0.107. The van der Waals surface area contributed by atoms with Gasteiger partial charge in [-0.3, -0.25) is 0 Å². The molecule has 21 heavy (non-hydrogen) atoms. The largest absolute Gasteiger partial charge is 0.496 e. The Morgan fingerprint density at radius 1 is 1.14 bits per heavy atom. The summed E-state index contributed by atoms with van der Waals surface area (Å²) in [4.78, 5) is 0. The van der Waals surface area contributed by atoms with Gasteiger partial charge in [-0.25, -0.2) is 0 Å². The molecule has 0 aliphatic rings. The number of methoxy groups -OCH3 is 1. The average molecular weight is 348 g/mol. The Balaban J connectivity index is 2.67. The van der Waals surface area contributed by atoms with E-state index in [-0.39, 0.29) is 6.04 Å². The molecule has 0 saturated heterocycles. The van der Waals surface area contributed by atoms with Gasteiger partial charge in [-0.1, -0.05) is 45.8 Å². The highest BCUT2D eigenvalue weighted by molar-refractivity contribution is 9.10. The molecule has 3 heteroatoms. The molecule has 1 atom stereocenters. The third-order valence-electron chi connectivity index (χ3n) is 3.87. The number of aryl methyl sites for hydroxylation is 2. The molecular weight excluding hydrogens is 326 g/mol. The molecule has 2 nitrogen and oxygen atoms in total. The predicted molar refractivity (Wildman–Crippen MR) is 92.2 cm³/mol. The molecule has 112 valence electrons. The highest BCUT2D eigenvalue weighted by Gasteiger charge is 2.22. The molecule has 2 aromatic carbocycles. The summed E-state index contributed by atoms with van der Waals surface area (Å²) < 4.78 is 6.80. The van der Waals surface area contributed by atoms with Gasteiger partial charge in [-0.05, 0) is 50.6 Å². The zero-order chi connectivity index (χ0) is 15.6. The summed E-state index contributed by atoms with van der Waals surface area (Å²) in [6, 6.07) is 10.8.